The van der Waals surface area contributed by atoms with E-state index in [4.69, 9.17) is 0 Å². The third-order valence-corrected chi connectivity index (χ3v) is 11.1. The van der Waals surface area contributed by atoms with Crippen LogP contribution in [0, 0.1) is 46.3 Å². The molecule has 3 N–H and O–H groups in total. The number of hydrogen-bond acceptors (Lipinski definition) is 3. The number of rotatable bonds is 5. The van der Waals surface area contributed by atoms with E-state index in [0.29, 0.717) is 22.7 Å². The first-order chi connectivity index (χ1) is 13.9. The zero-order valence-electron chi connectivity index (χ0n) is 20.3. The van der Waals surface area contributed by atoms with Crippen molar-refractivity contribution in [1.29, 1.82) is 0 Å². The molecule has 4 rings (SSSR count). The average molecular weight is 421 g/mol. The predicted molar refractivity (Wildman–Crippen MR) is 122 cm³/mol. The minimum atomic E-state index is -0.825. The zero-order chi connectivity index (χ0) is 21.9. The van der Waals surface area contributed by atoms with E-state index in [1.54, 1.807) is 0 Å². The highest BCUT2D eigenvalue weighted by Crippen LogP contribution is 2.68. The van der Waals surface area contributed by atoms with Crippen molar-refractivity contribution < 1.29 is 15.3 Å². The molecule has 0 heterocycles. The molecule has 9 atom stereocenters. The van der Waals surface area contributed by atoms with Gasteiger partial charge in [-0.05, 0) is 131 Å². The van der Waals surface area contributed by atoms with Gasteiger partial charge < -0.3 is 15.3 Å². The molecule has 0 radical (unpaired) electrons. The quantitative estimate of drug-likeness (QED) is 0.546. The summed E-state index contributed by atoms with van der Waals surface area (Å²) in [5, 5.41) is 30.7. The van der Waals surface area contributed by atoms with Gasteiger partial charge in [0.1, 0.15) is 0 Å². The Labute approximate surface area is 185 Å². The zero-order valence-corrected chi connectivity index (χ0v) is 20.3. The number of aliphatic hydroxyl groups excluding tert-OH is 1. The number of aliphatic hydroxyl groups is 3. The number of fused-ring (bicyclic) bond motifs is 5. The Bertz CT molecular complexity index is 626. The molecule has 0 aromatic carbocycles. The van der Waals surface area contributed by atoms with E-state index in [1.807, 2.05) is 13.8 Å². The van der Waals surface area contributed by atoms with Crippen LogP contribution in [-0.2, 0) is 0 Å². The summed E-state index contributed by atoms with van der Waals surface area (Å²) in [6.45, 7) is 11.4. The Balaban J connectivity index is 1.49. The summed E-state index contributed by atoms with van der Waals surface area (Å²) in [7, 11) is 0. The SMILES string of the molecule is C[C@H](CCC(C)(C)O)[C@H]1CCC2C3CC[C@H]4C[C@](O)(CO)CC[C@]4(C)C3CC[C@@]21C. The molecule has 0 amide bonds. The van der Waals surface area contributed by atoms with E-state index >= 15 is 0 Å². The fourth-order valence-corrected chi connectivity index (χ4v) is 9.22. The van der Waals surface area contributed by atoms with Crippen LogP contribution in [0.1, 0.15) is 105 Å². The second-order valence-electron chi connectivity index (χ2n) is 13.3. The summed E-state index contributed by atoms with van der Waals surface area (Å²) in [4.78, 5) is 0. The summed E-state index contributed by atoms with van der Waals surface area (Å²) in [6, 6.07) is 0. The molecule has 0 saturated heterocycles. The Morgan fingerprint density at radius 3 is 2.30 bits per heavy atom. The van der Waals surface area contributed by atoms with Gasteiger partial charge >= 0.3 is 0 Å². The third-order valence-electron chi connectivity index (χ3n) is 11.1. The standard InChI is InChI=1S/C27H48O3/c1-18(10-12-24(2,3)29)21-8-9-22-20-7-6-19-16-27(30,17-28)15-14-25(19,4)23(20)11-13-26(21,22)5/h18-23,28-30H,6-17H2,1-5H3/t18-,19+,20?,21-,22?,23?,25+,26-,27+/m1/s1. The van der Waals surface area contributed by atoms with Crippen molar-refractivity contribution in [3.63, 3.8) is 0 Å². The Morgan fingerprint density at radius 1 is 0.933 bits per heavy atom. The fourth-order valence-electron chi connectivity index (χ4n) is 9.22. The molecule has 174 valence electrons. The van der Waals surface area contributed by atoms with Crippen LogP contribution >= 0.6 is 0 Å². The fraction of sp³-hybridized carbons (Fsp3) is 1.00. The van der Waals surface area contributed by atoms with Crippen molar-refractivity contribution in [1.82, 2.24) is 0 Å². The lowest BCUT2D eigenvalue weighted by Gasteiger charge is -2.62. The smallest absolute Gasteiger partial charge is 0.0880 e. The van der Waals surface area contributed by atoms with Gasteiger partial charge in [0.15, 0.2) is 0 Å². The molecule has 4 fully saturated rings. The second kappa shape index (κ2) is 7.73. The normalized spacial score (nSPS) is 49.8. The molecule has 0 aromatic rings. The van der Waals surface area contributed by atoms with Crippen molar-refractivity contribution in [2.24, 2.45) is 46.3 Å². The summed E-state index contributed by atoms with van der Waals surface area (Å²) < 4.78 is 0. The van der Waals surface area contributed by atoms with Gasteiger partial charge in [0.25, 0.3) is 0 Å². The van der Waals surface area contributed by atoms with Gasteiger partial charge in [0, 0.05) is 0 Å². The topological polar surface area (TPSA) is 60.7 Å². The largest absolute Gasteiger partial charge is 0.393 e. The lowest BCUT2D eigenvalue weighted by atomic mass is 9.43. The maximum absolute atomic E-state index is 10.8. The highest BCUT2D eigenvalue weighted by atomic mass is 16.3. The first-order valence-electron chi connectivity index (χ1n) is 13.0. The van der Waals surface area contributed by atoms with Crippen LogP contribution in [0.5, 0.6) is 0 Å². The van der Waals surface area contributed by atoms with Crippen molar-refractivity contribution in [2.45, 2.75) is 116 Å². The molecule has 4 aliphatic rings. The molecule has 30 heavy (non-hydrogen) atoms. The summed E-state index contributed by atoms with van der Waals surface area (Å²) >= 11 is 0. The maximum atomic E-state index is 10.8. The van der Waals surface area contributed by atoms with E-state index in [9.17, 15) is 15.3 Å². The van der Waals surface area contributed by atoms with Gasteiger partial charge in [-0.25, -0.2) is 0 Å². The van der Waals surface area contributed by atoms with Gasteiger partial charge in [-0.1, -0.05) is 20.8 Å². The van der Waals surface area contributed by atoms with E-state index in [0.717, 1.165) is 55.8 Å². The Hall–Kier alpha value is -0.120. The average Bonchev–Trinajstić information content (AvgIpc) is 3.03. The Kier molecular flexibility index (Phi) is 5.94. The number of hydrogen-bond donors (Lipinski definition) is 3. The van der Waals surface area contributed by atoms with E-state index in [2.05, 4.69) is 20.8 Å². The molecule has 0 aliphatic heterocycles. The van der Waals surface area contributed by atoms with Crippen molar-refractivity contribution in [3.05, 3.63) is 0 Å². The van der Waals surface area contributed by atoms with E-state index < -0.39 is 11.2 Å². The van der Waals surface area contributed by atoms with Gasteiger partial charge in [-0.2, -0.15) is 0 Å². The predicted octanol–water partition coefficient (Wildman–Crippen LogP) is 5.56. The van der Waals surface area contributed by atoms with Crippen LogP contribution in [0.3, 0.4) is 0 Å². The monoisotopic (exact) mass is 420 g/mol. The maximum Gasteiger partial charge on any atom is 0.0880 e. The second-order valence-corrected chi connectivity index (χ2v) is 13.3. The van der Waals surface area contributed by atoms with Crippen molar-refractivity contribution >= 4 is 0 Å². The highest BCUT2D eigenvalue weighted by molar-refractivity contribution is 5.11. The molecule has 0 aromatic heterocycles. The molecular weight excluding hydrogens is 372 g/mol. The molecule has 4 aliphatic carbocycles. The molecule has 0 spiro atoms. The van der Waals surface area contributed by atoms with Gasteiger partial charge in [-0.3, -0.25) is 0 Å². The lowest BCUT2D eigenvalue weighted by molar-refractivity contribution is -0.161. The van der Waals surface area contributed by atoms with Crippen LogP contribution in [0.15, 0.2) is 0 Å². The highest BCUT2D eigenvalue weighted by Gasteiger charge is 2.61. The molecule has 0 bridgehead atoms. The van der Waals surface area contributed by atoms with Crippen molar-refractivity contribution in [2.75, 3.05) is 6.61 Å². The Morgan fingerprint density at radius 2 is 1.63 bits per heavy atom. The first-order valence-corrected chi connectivity index (χ1v) is 13.0. The van der Waals surface area contributed by atoms with E-state index in [1.165, 1.54) is 38.5 Å². The summed E-state index contributed by atoms with van der Waals surface area (Å²) in [5.74, 6) is 4.62. The van der Waals surface area contributed by atoms with Gasteiger partial charge in [0.2, 0.25) is 0 Å². The third kappa shape index (κ3) is 3.79. The van der Waals surface area contributed by atoms with E-state index in [-0.39, 0.29) is 6.61 Å². The lowest BCUT2D eigenvalue weighted by Crippen LogP contribution is -2.56. The minimum Gasteiger partial charge on any atom is -0.393 e. The van der Waals surface area contributed by atoms with Crippen LogP contribution in [0.2, 0.25) is 0 Å². The summed E-state index contributed by atoms with van der Waals surface area (Å²) in [6.07, 6.45) is 12.8. The van der Waals surface area contributed by atoms with Crippen molar-refractivity contribution in [3.8, 4) is 0 Å². The van der Waals surface area contributed by atoms with Crippen LogP contribution in [0.4, 0.5) is 0 Å². The van der Waals surface area contributed by atoms with Crippen LogP contribution in [0.25, 0.3) is 0 Å². The molecule has 3 unspecified atom stereocenters. The van der Waals surface area contributed by atoms with Crippen LogP contribution < -0.4 is 0 Å². The van der Waals surface area contributed by atoms with Gasteiger partial charge in [0.05, 0.1) is 17.8 Å². The molecule has 3 heteroatoms. The van der Waals surface area contributed by atoms with Gasteiger partial charge in [-0.15, -0.1) is 0 Å². The minimum absolute atomic E-state index is 0.0708. The first kappa shape index (κ1) is 23.1. The summed E-state index contributed by atoms with van der Waals surface area (Å²) in [5.41, 5.74) is -0.538. The molecular formula is C27H48O3. The molecule has 3 nitrogen and oxygen atoms in total. The molecule has 4 saturated carbocycles. The van der Waals surface area contributed by atoms with Crippen LogP contribution in [-0.4, -0.2) is 33.1 Å².